The van der Waals surface area contributed by atoms with Gasteiger partial charge in [-0.15, -0.1) is 0 Å². The van der Waals surface area contributed by atoms with Crippen LogP contribution in [0.5, 0.6) is 0 Å². The van der Waals surface area contributed by atoms with E-state index in [9.17, 15) is 0 Å². The van der Waals surface area contributed by atoms with Crippen molar-refractivity contribution in [1.29, 1.82) is 5.26 Å². The standard InChI is InChI=1S/C17H17N7/c18-6-12-3-4-16-14(8-21-24(16)11-12)15-9-20-10-17(23-15)22-13-2-1-5-19-7-13/h3-4,8-11,13,19H,1-2,5,7H2,(H,22,23)/t13-/m1/s1. The molecular weight excluding hydrogens is 302 g/mol. The third-order valence-corrected chi connectivity index (χ3v) is 4.20. The first-order valence-electron chi connectivity index (χ1n) is 8.00. The van der Waals surface area contributed by atoms with Crippen LogP contribution in [0.3, 0.4) is 0 Å². The van der Waals surface area contributed by atoms with Crippen molar-refractivity contribution >= 4 is 11.3 Å². The molecule has 1 saturated heterocycles. The largest absolute Gasteiger partial charge is 0.365 e. The maximum atomic E-state index is 8.99. The van der Waals surface area contributed by atoms with Crippen molar-refractivity contribution in [2.24, 2.45) is 0 Å². The van der Waals surface area contributed by atoms with E-state index in [1.807, 2.05) is 6.07 Å². The Hall–Kier alpha value is -2.98. The minimum atomic E-state index is 0.380. The Balaban J connectivity index is 1.64. The van der Waals surface area contributed by atoms with E-state index in [2.05, 4.69) is 31.8 Å². The van der Waals surface area contributed by atoms with E-state index in [0.29, 0.717) is 11.6 Å². The Kier molecular flexibility index (Phi) is 3.81. The van der Waals surface area contributed by atoms with E-state index in [4.69, 9.17) is 5.26 Å². The number of hydrogen-bond donors (Lipinski definition) is 2. The molecule has 3 aromatic heterocycles. The lowest BCUT2D eigenvalue weighted by Gasteiger charge is -2.24. The van der Waals surface area contributed by atoms with Gasteiger partial charge >= 0.3 is 0 Å². The van der Waals surface area contributed by atoms with Crippen LogP contribution >= 0.6 is 0 Å². The zero-order valence-corrected chi connectivity index (χ0v) is 13.1. The minimum Gasteiger partial charge on any atom is -0.365 e. The number of fused-ring (bicyclic) bond motifs is 1. The van der Waals surface area contributed by atoms with Crippen LogP contribution in [0.4, 0.5) is 5.82 Å². The number of nitrogens with zero attached hydrogens (tertiary/aromatic N) is 5. The number of aromatic nitrogens is 4. The molecule has 0 radical (unpaired) electrons. The highest BCUT2D eigenvalue weighted by Gasteiger charge is 2.14. The van der Waals surface area contributed by atoms with E-state index in [0.717, 1.165) is 42.1 Å². The van der Waals surface area contributed by atoms with Crippen molar-refractivity contribution in [3.05, 3.63) is 42.5 Å². The van der Waals surface area contributed by atoms with Crippen LogP contribution in [0.25, 0.3) is 16.8 Å². The zero-order valence-electron chi connectivity index (χ0n) is 13.1. The third-order valence-electron chi connectivity index (χ3n) is 4.20. The van der Waals surface area contributed by atoms with E-state index in [1.54, 1.807) is 35.4 Å². The summed E-state index contributed by atoms with van der Waals surface area (Å²) in [7, 11) is 0. The van der Waals surface area contributed by atoms with Crippen LogP contribution in [-0.2, 0) is 0 Å². The fraction of sp³-hybridized carbons (Fsp3) is 0.294. The van der Waals surface area contributed by atoms with Crippen LogP contribution in [0.2, 0.25) is 0 Å². The van der Waals surface area contributed by atoms with Crippen LogP contribution in [0.15, 0.2) is 36.9 Å². The Morgan fingerprint density at radius 3 is 3.08 bits per heavy atom. The number of anilines is 1. The molecule has 4 heterocycles. The first-order chi connectivity index (χ1) is 11.8. The van der Waals surface area contributed by atoms with Crippen LogP contribution in [-0.4, -0.2) is 38.7 Å². The van der Waals surface area contributed by atoms with Crippen molar-refractivity contribution in [2.75, 3.05) is 18.4 Å². The maximum Gasteiger partial charge on any atom is 0.145 e. The van der Waals surface area contributed by atoms with Crippen LogP contribution in [0.1, 0.15) is 18.4 Å². The lowest BCUT2D eigenvalue weighted by atomic mass is 10.1. The molecule has 3 aromatic rings. The molecule has 1 aliphatic heterocycles. The van der Waals surface area contributed by atoms with E-state index in [-0.39, 0.29) is 0 Å². The number of nitrogens with one attached hydrogen (secondary N) is 2. The van der Waals surface area contributed by atoms with Gasteiger partial charge in [0.2, 0.25) is 0 Å². The van der Waals surface area contributed by atoms with Gasteiger partial charge in [0, 0.05) is 24.3 Å². The molecule has 0 bridgehead atoms. The molecule has 2 N–H and O–H groups in total. The molecule has 0 aromatic carbocycles. The molecule has 4 rings (SSSR count). The molecule has 0 aliphatic carbocycles. The molecule has 7 nitrogen and oxygen atoms in total. The molecule has 7 heteroatoms. The predicted molar refractivity (Wildman–Crippen MR) is 90.4 cm³/mol. The number of nitriles is 1. The molecule has 1 fully saturated rings. The van der Waals surface area contributed by atoms with E-state index in [1.165, 1.54) is 6.42 Å². The topological polar surface area (TPSA) is 90.9 Å². The molecule has 0 saturated carbocycles. The smallest absolute Gasteiger partial charge is 0.145 e. The average molecular weight is 319 g/mol. The van der Waals surface area contributed by atoms with Gasteiger partial charge in [0.1, 0.15) is 11.9 Å². The average Bonchev–Trinajstić information content (AvgIpc) is 3.06. The first kappa shape index (κ1) is 14.6. The Morgan fingerprint density at radius 2 is 2.25 bits per heavy atom. The molecule has 1 aliphatic rings. The molecule has 0 spiro atoms. The van der Waals surface area contributed by atoms with Gasteiger partial charge in [0.15, 0.2) is 0 Å². The minimum absolute atomic E-state index is 0.380. The molecule has 1 atom stereocenters. The highest BCUT2D eigenvalue weighted by molar-refractivity contribution is 5.78. The number of pyridine rings is 1. The Labute approximate surface area is 139 Å². The van der Waals surface area contributed by atoms with Gasteiger partial charge in [-0.1, -0.05) is 0 Å². The maximum absolute atomic E-state index is 8.99. The van der Waals surface area contributed by atoms with Gasteiger partial charge in [0.25, 0.3) is 0 Å². The third kappa shape index (κ3) is 2.79. The monoisotopic (exact) mass is 319 g/mol. The lowest BCUT2D eigenvalue weighted by molar-refractivity contribution is 0.479. The fourth-order valence-electron chi connectivity index (χ4n) is 3.00. The summed E-state index contributed by atoms with van der Waals surface area (Å²) < 4.78 is 1.70. The van der Waals surface area contributed by atoms with Crippen LogP contribution < -0.4 is 10.6 Å². The van der Waals surface area contributed by atoms with Crippen molar-refractivity contribution in [2.45, 2.75) is 18.9 Å². The summed E-state index contributed by atoms with van der Waals surface area (Å²) in [6.45, 7) is 2.02. The number of rotatable bonds is 3. The van der Waals surface area contributed by atoms with Crippen molar-refractivity contribution < 1.29 is 0 Å². The molecule has 120 valence electrons. The zero-order chi connectivity index (χ0) is 16.4. The second-order valence-corrected chi connectivity index (χ2v) is 5.89. The highest BCUT2D eigenvalue weighted by Crippen LogP contribution is 2.23. The Bertz CT molecular complexity index is 903. The van der Waals surface area contributed by atoms with Gasteiger partial charge in [0.05, 0.1) is 35.4 Å². The van der Waals surface area contributed by atoms with Crippen molar-refractivity contribution in [1.82, 2.24) is 24.9 Å². The van der Waals surface area contributed by atoms with Crippen molar-refractivity contribution in [3.8, 4) is 17.3 Å². The predicted octanol–water partition coefficient (Wildman–Crippen LogP) is 1.83. The molecule has 0 amide bonds. The second kappa shape index (κ2) is 6.26. The highest BCUT2D eigenvalue weighted by atomic mass is 15.2. The van der Waals surface area contributed by atoms with Crippen LogP contribution in [0, 0.1) is 11.3 Å². The number of piperidine rings is 1. The van der Waals surface area contributed by atoms with Gasteiger partial charge in [-0.2, -0.15) is 10.4 Å². The van der Waals surface area contributed by atoms with Gasteiger partial charge in [-0.3, -0.25) is 4.98 Å². The quantitative estimate of drug-likeness (QED) is 0.765. The summed E-state index contributed by atoms with van der Waals surface area (Å²) in [6.07, 6.45) is 9.25. The lowest BCUT2D eigenvalue weighted by Crippen LogP contribution is -2.38. The van der Waals surface area contributed by atoms with Gasteiger partial charge in [-0.05, 0) is 31.5 Å². The van der Waals surface area contributed by atoms with Crippen molar-refractivity contribution in [3.63, 3.8) is 0 Å². The normalized spacial score (nSPS) is 17.5. The summed E-state index contributed by atoms with van der Waals surface area (Å²) in [5.74, 6) is 0.772. The molecule has 0 unspecified atom stereocenters. The summed E-state index contributed by atoms with van der Waals surface area (Å²) in [5.41, 5.74) is 3.14. The number of hydrogen-bond acceptors (Lipinski definition) is 6. The SMILES string of the molecule is N#Cc1ccc2c(-c3cncc(N[C@@H]4CCCNC4)n3)cnn2c1. The fourth-order valence-corrected chi connectivity index (χ4v) is 3.00. The van der Waals surface area contributed by atoms with E-state index < -0.39 is 0 Å². The van der Waals surface area contributed by atoms with Gasteiger partial charge in [-0.25, -0.2) is 9.50 Å². The molecule has 24 heavy (non-hydrogen) atoms. The summed E-state index contributed by atoms with van der Waals surface area (Å²) in [6, 6.07) is 6.16. The second-order valence-electron chi connectivity index (χ2n) is 5.89. The van der Waals surface area contributed by atoms with Gasteiger partial charge < -0.3 is 10.6 Å². The first-order valence-corrected chi connectivity index (χ1v) is 8.00. The Morgan fingerprint density at radius 1 is 1.29 bits per heavy atom. The summed E-state index contributed by atoms with van der Waals surface area (Å²) >= 11 is 0. The summed E-state index contributed by atoms with van der Waals surface area (Å²) in [4.78, 5) is 8.99. The van der Waals surface area contributed by atoms with E-state index >= 15 is 0 Å². The molecular formula is C17H17N7. The summed E-state index contributed by atoms with van der Waals surface area (Å²) in [5, 5.41) is 20.1.